The molecule has 0 radical (unpaired) electrons. The maximum absolute atomic E-state index is 5.44. The van der Waals surface area contributed by atoms with Gasteiger partial charge in [-0.25, -0.2) is 0 Å². The fourth-order valence-corrected chi connectivity index (χ4v) is 2.49. The largest absolute Gasteiger partial charge is 0.377 e. The number of methoxy groups -OCH3 is 1. The van der Waals surface area contributed by atoms with E-state index in [1.54, 1.807) is 0 Å². The highest BCUT2D eigenvalue weighted by atomic mass is 127. The van der Waals surface area contributed by atoms with Crippen molar-refractivity contribution in [2.24, 2.45) is 0 Å². The number of halogens is 1. The van der Waals surface area contributed by atoms with Gasteiger partial charge in [0, 0.05) is 11.5 Å². The molecule has 0 atom stereocenters. The molecule has 0 aromatic carbocycles. The van der Waals surface area contributed by atoms with Gasteiger partial charge in [-0.1, -0.05) is 35.4 Å². The zero-order chi connectivity index (χ0) is 6.74. The lowest BCUT2D eigenvalue weighted by molar-refractivity contribution is 0.0195. The van der Waals surface area contributed by atoms with E-state index in [0.717, 1.165) is 4.43 Å². The molecule has 0 saturated heterocycles. The standard InChI is InChI=1S/C7H13IO/c1-9-7(6-8)4-2-3-5-7/h2-6H2,1H3. The molecule has 0 unspecified atom stereocenters. The quantitative estimate of drug-likeness (QED) is 0.532. The van der Waals surface area contributed by atoms with Crippen LogP contribution in [0.25, 0.3) is 0 Å². The highest BCUT2D eigenvalue weighted by molar-refractivity contribution is 14.1. The number of ether oxygens (including phenoxy) is 1. The molecule has 0 heterocycles. The molecule has 9 heavy (non-hydrogen) atoms. The summed E-state index contributed by atoms with van der Waals surface area (Å²) in [6, 6.07) is 0. The highest BCUT2D eigenvalue weighted by Crippen LogP contribution is 2.33. The van der Waals surface area contributed by atoms with Crippen molar-refractivity contribution in [1.82, 2.24) is 0 Å². The Hall–Kier alpha value is 0.690. The maximum atomic E-state index is 5.44. The van der Waals surface area contributed by atoms with E-state index in [9.17, 15) is 0 Å². The first-order valence-electron chi connectivity index (χ1n) is 3.44. The van der Waals surface area contributed by atoms with Crippen molar-refractivity contribution in [2.75, 3.05) is 11.5 Å². The predicted molar refractivity (Wildman–Crippen MR) is 47.1 cm³/mol. The van der Waals surface area contributed by atoms with Crippen molar-refractivity contribution in [1.29, 1.82) is 0 Å². The first-order valence-corrected chi connectivity index (χ1v) is 4.97. The Morgan fingerprint density at radius 2 is 2.00 bits per heavy atom. The van der Waals surface area contributed by atoms with Gasteiger partial charge in [0.1, 0.15) is 0 Å². The topological polar surface area (TPSA) is 9.23 Å². The third kappa shape index (κ3) is 1.58. The average molecular weight is 240 g/mol. The molecule has 0 aromatic rings. The molecule has 1 nitrogen and oxygen atoms in total. The summed E-state index contributed by atoms with van der Waals surface area (Å²) in [5.41, 5.74) is 0.264. The SMILES string of the molecule is COC1(CI)CCCC1. The lowest BCUT2D eigenvalue weighted by Crippen LogP contribution is -2.28. The number of hydrogen-bond acceptors (Lipinski definition) is 1. The van der Waals surface area contributed by atoms with E-state index >= 15 is 0 Å². The summed E-state index contributed by atoms with van der Waals surface area (Å²) in [6.45, 7) is 0. The predicted octanol–water partition coefficient (Wildman–Crippen LogP) is 2.38. The first kappa shape index (κ1) is 7.79. The van der Waals surface area contributed by atoms with E-state index in [2.05, 4.69) is 22.6 Å². The van der Waals surface area contributed by atoms with E-state index < -0.39 is 0 Å². The van der Waals surface area contributed by atoms with Crippen LogP contribution in [0.5, 0.6) is 0 Å². The van der Waals surface area contributed by atoms with Gasteiger partial charge < -0.3 is 4.74 Å². The van der Waals surface area contributed by atoms with Crippen LogP contribution in [-0.4, -0.2) is 17.1 Å². The summed E-state index contributed by atoms with van der Waals surface area (Å²) in [7, 11) is 1.84. The van der Waals surface area contributed by atoms with Crippen LogP contribution in [-0.2, 0) is 4.74 Å². The molecule has 0 aromatic heterocycles. The van der Waals surface area contributed by atoms with Gasteiger partial charge in [-0.3, -0.25) is 0 Å². The smallest absolute Gasteiger partial charge is 0.0767 e. The van der Waals surface area contributed by atoms with Gasteiger partial charge >= 0.3 is 0 Å². The number of rotatable bonds is 2. The molecule has 0 N–H and O–H groups in total. The van der Waals surface area contributed by atoms with Crippen molar-refractivity contribution in [3.8, 4) is 0 Å². The molecule has 1 saturated carbocycles. The van der Waals surface area contributed by atoms with Crippen LogP contribution in [0.2, 0.25) is 0 Å². The lowest BCUT2D eigenvalue weighted by Gasteiger charge is -2.24. The van der Waals surface area contributed by atoms with Crippen LogP contribution in [0.4, 0.5) is 0 Å². The minimum atomic E-state index is 0.264. The van der Waals surface area contributed by atoms with Gasteiger partial charge in [0.05, 0.1) is 5.60 Å². The molecule has 2 heteroatoms. The van der Waals surface area contributed by atoms with Gasteiger partial charge in [-0.15, -0.1) is 0 Å². The van der Waals surface area contributed by atoms with Crippen LogP contribution < -0.4 is 0 Å². The van der Waals surface area contributed by atoms with E-state index in [0.29, 0.717) is 0 Å². The minimum absolute atomic E-state index is 0.264. The Kier molecular flexibility index (Phi) is 2.76. The molecular weight excluding hydrogens is 227 g/mol. The molecule has 0 aliphatic heterocycles. The summed E-state index contributed by atoms with van der Waals surface area (Å²) in [5.74, 6) is 0. The Morgan fingerprint density at radius 1 is 1.44 bits per heavy atom. The van der Waals surface area contributed by atoms with Crippen LogP contribution in [0, 0.1) is 0 Å². The van der Waals surface area contributed by atoms with Crippen molar-refractivity contribution in [2.45, 2.75) is 31.3 Å². The van der Waals surface area contributed by atoms with Crippen molar-refractivity contribution >= 4 is 22.6 Å². The van der Waals surface area contributed by atoms with Crippen LogP contribution >= 0.6 is 22.6 Å². The molecule has 1 aliphatic rings. The van der Waals surface area contributed by atoms with Gasteiger partial charge in [-0.2, -0.15) is 0 Å². The van der Waals surface area contributed by atoms with Crippen LogP contribution in [0.3, 0.4) is 0 Å². The Balaban J connectivity index is 2.45. The molecule has 0 amide bonds. The molecular formula is C7H13IO. The Labute approximate surface area is 70.3 Å². The van der Waals surface area contributed by atoms with E-state index in [-0.39, 0.29) is 5.60 Å². The molecule has 1 aliphatic carbocycles. The fourth-order valence-electron chi connectivity index (χ4n) is 1.41. The summed E-state index contributed by atoms with van der Waals surface area (Å²) >= 11 is 2.42. The molecule has 54 valence electrons. The van der Waals surface area contributed by atoms with Crippen LogP contribution in [0.1, 0.15) is 25.7 Å². The minimum Gasteiger partial charge on any atom is -0.377 e. The molecule has 0 spiro atoms. The third-order valence-electron chi connectivity index (χ3n) is 2.19. The lowest BCUT2D eigenvalue weighted by atomic mass is 10.1. The van der Waals surface area contributed by atoms with Crippen molar-refractivity contribution in [3.05, 3.63) is 0 Å². The Bertz CT molecular complexity index is 80.9. The van der Waals surface area contributed by atoms with Crippen LogP contribution in [0.15, 0.2) is 0 Å². The summed E-state index contributed by atoms with van der Waals surface area (Å²) in [5, 5.41) is 0. The van der Waals surface area contributed by atoms with Gasteiger partial charge in [0.15, 0.2) is 0 Å². The zero-order valence-electron chi connectivity index (χ0n) is 5.82. The monoisotopic (exact) mass is 240 g/mol. The second kappa shape index (κ2) is 3.19. The van der Waals surface area contributed by atoms with Crippen molar-refractivity contribution in [3.63, 3.8) is 0 Å². The normalized spacial score (nSPS) is 24.7. The van der Waals surface area contributed by atoms with E-state index in [1.807, 2.05) is 7.11 Å². The summed E-state index contributed by atoms with van der Waals surface area (Å²) < 4.78 is 6.59. The van der Waals surface area contributed by atoms with Gasteiger partial charge in [0.25, 0.3) is 0 Å². The first-order chi connectivity index (χ1) is 4.33. The van der Waals surface area contributed by atoms with Crippen molar-refractivity contribution < 1.29 is 4.74 Å². The zero-order valence-corrected chi connectivity index (χ0v) is 7.98. The molecule has 1 rings (SSSR count). The fraction of sp³-hybridized carbons (Fsp3) is 1.00. The second-order valence-electron chi connectivity index (χ2n) is 2.73. The van der Waals surface area contributed by atoms with Gasteiger partial charge in [-0.05, 0) is 12.8 Å². The summed E-state index contributed by atoms with van der Waals surface area (Å²) in [6.07, 6.45) is 5.26. The molecule has 1 fully saturated rings. The Morgan fingerprint density at radius 3 is 2.22 bits per heavy atom. The molecule has 0 bridgehead atoms. The van der Waals surface area contributed by atoms with E-state index in [1.165, 1.54) is 25.7 Å². The number of hydrogen-bond donors (Lipinski definition) is 0. The highest BCUT2D eigenvalue weighted by Gasteiger charge is 2.31. The third-order valence-corrected chi connectivity index (χ3v) is 3.58. The maximum Gasteiger partial charge on any atom is 0.0767 e. The average Bonchev–Trinajstić information content (AvgIpc) is 2.36. The summed E-state index contributed by atoms with van der Waals surface area (Å²) in [4.78, 5) is 0. The number of alkyl halides is 1. The second-order valence-corrected chi connectivity index (χ2v) is 3.49. The van der Waals surface area contributed by atoms with Gasteiger partial charge in [0.2, 0.25) is 0 Å². The van der Waals surface area contributed by atoms with E-state index in [4.69, 9.17) is 4.74 Å².